The van der Waals surface area contributed by atoms with Crippen LogP contribution in [0.15, 0.2) is 24.3 Å². The smallest absolute Gasteiger partial charge is 0.129 e. The summed E-state index contributed by atoms with van der Waals surface area (Å²) in [6.45, 7) is 0. The normalized spacial score (nSPS) is 10.3. The fraction of sp³-hybridized carbons (Fsp3) is 0.294. The standard InChI is InChI=1S/C17H20O6/c1-20-14-5-10(18)6-15(21-2)12(14)9-13-16(22-3)7-11(19)8-17(13)23-4/h5-8,18-19H,9H2,1-4H3. The third-order valence-electron chi connectivity index (χ3n) is 3.54. The first-order chi connectivity index (χ1) is 11.0. The summed E-state index contributed by atoms with van der Waals surface area (Å²) in [7, 11) is 6.07. The Kier molecular flexibility index (Phi) is 5.05. The number of benzene rings is 2. The Hall–Kier alpha value is -2.76. The van der Waals surface area contributed by atoms with Crippen molar-refractivity contribution in [3.63, 3.8) is 0 Å². The third-order valence-corrected chi connectivity index (χ3v) is 3.54. The zero-order valence-electron chi connectivity index (χ0n) is 13.5. The van der Waals surface area contributed by atoms with Gasteiger partial charge in [0.2, 0.25) is 0 Å². The Labute approximate surface area is 134 Å². The van der Waals surface area contributed by atoms with Crippen molar-refractivity contribution in [1.82, 2.24) is 0 Å². The third kappa shape index (κ3) is 3.36. The SMILES string of the molecule is COc1cc(O)cc(OC)c1Cc1c(OC)cc(O)cc1OC. The molecular weight excluding hydrogens is 300 g/mol. The Morgan fingerprint density at radius 3 is 1.09 bits per heavy atom. The van der Waals surface area contributed by atoms with E-state index < -0.39 is 0 Å². The van der Waals surface area contributed by atoms with E-state index in [1.54, 1.807) is 0 Å². The van der Waals surface area contributed by atoms with Gasteiger partial charge in [-0.05, 0) is 0 Å². The molecule has 0 aliphatic heterocycles. The number of phenolic OH excluding ortho intramolecular Hbond substituents is 2. The molecule has 23 heavy (non-hydrogen) atoms. The van der Waals surface area contributed by atoms with Gasteiger partial charge in [0.1, 0.15) is 34.5 Å². The second kappa shape index (κ2) is 7.00. The van der Waals surface area contributed by atoms with Crippen LogP contribution >= 0.6 is 0 Å². The van der Waals surface area contributed by atoms with Crippen molar-refractivity contribution in [3.05, 3.63) is 35.4 Å². The second-order valence-corrected chi connectivity index (χ2v) is 4.83. The fourth-order valence-corrected chi connectivity index (χ4v) is 2.47. The van der Waals surface area contributed by atoms with E-state index in [-0.39, 0.29) is 11.5 Å². The zero-order chi connectivity index (χ0) is 17.0. The number of hydrogen-bond acceptors (Lipinski definition) is 6. The minimum Gasteiger partial charge on any atom is -0.508 e. The van der Waals surface area contributed by atoms with Crippen molar-refractivity contribution in [3.8, 4) is 34.5 Å². The van der Waals surface area contributed by atoms with Crippen LogP contribution in [0.4, 0.5) is 0 Å². The Morgan fingerprint density at radius 1 is 0.609 bits per heavy atom. The van der Waals surface area contributed by atoms with Gasteiger partial charge in [0.05, 0.1) is 28.4 Å². The summed E-state index contributed by atoms with van der Waals surface area (Å²) in [4.78, 5) is 0. The average Bonchev–Trinajstić information content (AvgIpc) is 2.56. The second-order valence-electron chi connectivity index (χ2n) is 4.83. The van der Waals surface area contributed by atoms with Crippen LogP contribution in [0.5, 0.6) is 34.5 Å². The molecule has 0 saturated heterocycles. The Morgan fingerprint density at radius 2 is 0.870 bits per heavy atom. The maximum Gasteiger partial charge on any atom is 0.129 e. The largest absolute Gasteiger partial charge is 0.508 e. The summed E-state index contributed by atoms with van der Waals surface area (Å²) in [5.74, 6) is 2.04. The van der Waals surface area contributed by atoms with Gasteiger partial charge in [0, 0.05) is 41.8 Å². The van der Waals surface area contributed by atoms with Crippen LogP contribution < -0.4 is 18.9 Å². The average molecular weight is 320 g/mol. The van der Waals surface area contributed by atoms with Crippen LogP contribution in [-0.4, -0.2) is 38.7 Å². The van der Waals surface area contributed by atoms with E-state index >= 15 is 0 Å². The number of hydrogen-bond donors (Lipinski definition) is 2. The van der Waals surface area contributed by atoms with E-state index in [1.807, 2.05) is 0 Å². The van der Waals surface area contributed by atoms with Crippen molar-refractivity contribution >= 4 is 0 Å². The predicted molar refractivity (Wildman–Crippen MR) is 85.2 cm³/mol. The van der Waals surface area contributed by atoms with Crippen LogP contribution in [0, 0.1) is 0 Å². The molecule has 0 aliphatic carbocycles. The van der Waals surface area contributed by atoms with Crippen molar-refractivity contribution < 1.29 is 29.2 Å². The van der Waals surface area contributed by atoms with Gasteiger partial charge in [0.25, 0.3) is 0 Å². The molecule has 6 nitrogen and oxygen atoms in total. The maximum atomic E-state index is 9.74. The van der Waals surface area contributed by atoms with Crippen LogP contribution in [-0.2, 0) is 6.42 Å². The highest BCUT2D eigenvalue weighted by molar-refractivity contribution is 5.57. The lowest BCUT2D eigenvalue weighted by Crippen LogP contribution is -2.02. The van der Waals surface area contributed by atoms with E-state index in [4.69, 9.17) is 18.9 Å². The molecule has 0 atom stereocenters. The Balaban J connectivity index is 2.59. The molecule has 0 amide bonds. The first-order valence-corrected chi connectivity index (χ1v) is 6.91. The first-order valence-electron chi connectivity index (χ1n) is 6.91. The van der Waals surface area contributed by atoms with Gasteiger partial charge < -0.3 is 29.2 Å². The summed E-state index contributed by atoms with van der Waals surface area (Å²) in [6, 6.07) is 6.04. The quantitative estimate of drug-likeness (QED) is 0.852. The van der Waals surface area contributed by atoms with Crippen molar-refractivity contribution in [1.29, 1.82) is 0 Å². The van der Waals surface area contributed by atoms with Gasteiger partial charge >= 0.3 is 0 Å². The molecule has 0 unspecified atom stereocenters. The minimum atomic E-state index is 0.0482. The maximum absolute atomic E-state index is 9.74. The number of ether oxygens (including phenoxy) is 4. The predicted octanol–water partition coefficient (Wildman–Crippen LogP) is 2.72. The molecule has 0 spiro atoms. The van der Waals surface area contributed by atoms with Crippen molar-refractivity contribution in [2.45, 2.75) is 6.42 Å². The van der Waals surface area contributed by atoms with Gasteiger partial charge in [0.15, 0.2) is 0 Å². The molecular formula is C17H20O6. The molecule has 6 heteroatoms. The highest BCUT2D eigenvalue weighted by Gasteiger charge is 2.19. The highest BCUT2D eigenvalue weighted by atomic mass is 16.5. The van der Waals surface area contributed by atoms with Gasteiger partial charge in [-0.2, -0.15) is 0 Å². The van der Waals surface area contributed by atoms with E-state index in [1.165, 1.54) is 52.7 Å². The first kappa shape index (κ1) is 16.6. The molecule has 2 rings (SSSR count). The van der Waals surface area contributed by atoms with Crippen LogP contribution in [0.3, 0.4) is 0 Å². The van der Waals surface area contributed by atoms with Crippen molar-refractivity contribution in [2.75, 3.05) is 28.4 Å². The number of rotatable bonds is 6. The minimum absolute atomic E-state index is 0.0482. The van der Waals surface area contributed by atoms with Crippen LogP contribution in [0.25, 0.3) is 0 Å². The Bertz CT molecular complexity index is 586. The highest BCUT2D eigenvalue weighted by Crippen LogP contribution is 2.40. The van der Waals surface area contributed by atoms with Crippen LogP contribution in [0.1, 0.15) is 11.1 Å². The monoisotopic (exact) mass is 320 g/mol. The molecule has 0 saturated carbocycles. The molecule has 0 bridgehead atoms. The molecule has 2 aromatic carbocycles. The van der Waals surface area contributed by atoms with Gasteiger partial charge in [-0.3, -0.25) is 0 Å². The molecule has 124 valence electrons. The number of phenols is 2. The summed E-state index contributed by atoms with van der Waals surface area (Å²) in [5.41, 5.74) is 1.46. The molecule has 0 fully saturated rings. The van der Waals surface area contributed by atoms with Gasteiger partial charge in [-0.25, -0.2) is 0 Å². The lowest BCUT2D eigenvalue weighted by atomic mass is 10.0. The summed E-state index contributed by atoms with van der Waals surface area (Å²) in [5, 5.41) is 19.5. The van der Waals surface area contributed by atoms with E-state index in [0.717, 1.165) is 11.1 Å². The molecule has 0 heterocycles. The molecule has 0 aromatic heterocycles. The van der Waals surface area contributed by atoms with Gasteiger partial charge in [-0.1, -0.05) is 0 Å². The summed E-state index contributed by atoms with van der Waals surface area (Å²) < 4.78 is 21.4. The molecule has 0 radical (unpaired) electrons. The zero-order valence-corrected chi connectivity index (χ0v) is 13.5. The summed E-state index contributed by atoms with van der Waals surface area (Å²) >= 11 is 0. The molecule has 2 N–H and O–H groups in total. The van der Waals surface area contributed by atoms with Crippen LogP contribution in [0.2, 0.25) is 0 Å². The molecule has 2 aromatic rings. The van der Waals surface area contributed by atoms with E-state index in [2.05, 4.69) is 0 Å². The number of methoxy groups -OCH3 is 4. The van der Waals surface area contributed by atoms with E-state index in [9.17, 15) is 10.2 Å². The number of aromatic hydroxyl groups is 2. The van der Waals surface area contributed by atoms with Gasteiger partial charge in [-0.15, -0.1) is 0 Å². The lowest BCUT2D eigenvalue weighted by molar-refractivity contribution is 0.370. The lowest BCUT2D eigenvalue weighted by Gasteiger charge is -2.17. The molecule has 0 aliphatic rings. The van der Waals surface area contributed by atoms with Crippen molar-refractivity contribution in [2.24, 2.45) is 0 Å². The summed E-state index contributed by atoms with van der Waals surface area (Å²) in [6.07, 6.45) is 0.374. The van der Waals surface area contributed by atoms with E-state index in [0.29, 0.717) is 29.4 Å². The topological polar surface area (TPSA) is 77.4 Å². The fourth-order valence-electron chi connectivity index (χ4n) is 2.47.